The Labute approximate surface area is 173 Å². The fourth-order valence-corrected chi connectivity index (χ4v) is 2.93. The first-order valence-electron chi connectivity index (χ1n) is 9.39. The molecule has 4 rings (SSSR count). The lowest BCUT2D eigenvalue weighted by molar-refractivity contribution is 0.207. The molecule has 1 aliphatic carbocycles. The zero-order chi connectivity index (χ0) is 20.2. The van der Waals surface area contributed by atoms with Gasteiger partial charge in [-0.15, -0.1) is 5.10 Å². The van der Waals surface area contributed by atoms with Crippen molar-refractivity contribution >= 4 is 23.3 Å². The third kappa shape index (κ3) is 4.83. The molecule has 1 fully saturated rings. The maximum Gasteiger partial charge on any atom is 0.321 e. The van der Waals surface area contributed by atoms with Crippen molar-refractivity contribution in [3.63, 3.8) is 0 Å². The van der Waals surface area contributed by atoms with Gasteiger partial charge in [0.2, 0.25) is 0 Å². The summed E-state index contributed by atoms with van der Waals surface area (Å²) < 4.78 is 7.49. The Balaban J connectivity index is 1.28. The van der Waals surface area contributed by atoms with Gasteiger partial charge in [-0.1, -0.05) is 11.6 Å². The highest BCUT2D eigenvalue weighted by Gasteiger charge is 2.28. The maximum atomic E-state index is 12.4. The van der Waals surface area contributed by atoms with Crippen LogP contribution in [0.4, 0.5) is 10.5 Å². The Bertz CT molecular complexity index is 969. The zero-order valence-electron chi connectivity index (χ0n) is 16.0. The Morgan fingerprint density at radius 3 is 2.62 bits per heavy atom. The molecule has 1 N–H and O–H groups in total. The van der Waals surface area contributed by atoms with Crippen LogP contribution in [0.1, 0.15) is 18.9 Å². The maximum absolute atomic E-state index is 12.4. The van der Waals surface area contributed by atoms with Crippen LogP contribution in [0.15, 0.2) is 48.5 Å². The Kier molecular flexibility index (Phi) is 5.62. The standard InChI is InChI=1S/C20H21ClN6O2/c1-26(12-13-29-18-10-4-15(21)5-11-18)20(28)22-16-6-2-14(3-7-16)19-23-24-25-27(19)17-8-9-17/h2-7,10-11,17H,8-9,12-13H2,1H3,(H,22,28). The van der Waals surface area contributed by atoms with Crippen molar-refractivity contribution < 1.29 is 9.53 Å². The Morgan fingerprint density at radius 2 is 1.93 bits per heavy atom. The molecule has 0 radical (unpaired) electrons. The van der Waals surface area contributed by atoms with Crippen LogP contribution in [0.25, 0.3) is 11.4 Å². The minimum absolute atomic E-state index is 0.208. The minimum atomic E-state index is -0.208. The van der Waals surface area contributed by atoms with E-state index >= 15 is 0 Å². The molecular weight excluding hydrogens is 392 g/mol. The number of rotatable bonds is 7. The first kappa shape index (κ1) is 19.2. The summed E-state index contributed by atoms with van der Waals surface area (Å²) in [6, 6.07) is 14.8. The molecule has 0 unspecified atom stereocenters. The number of urea groups is 1. The van der Waals surface area contributed by atoms with Crippen molar-refractivity contribution in [3.05, 3.63) is 53.6 Å². The van der Waals surface area contributed by atoms with Crippen molar-refractivity contribution in [1.29, 1.82) is 0 Å². The first-order valence-corrected chi connectivity index (χ1v) is 9.77. The fourth-order valence-electron chi connectivity index (χ4n) is 2.80. The molecule has 0 aliphatic heterocycles. The number of carbonyl (C=O) groups is 1. The average Bonchev–Trinajstić information content (AvgIpc) is 3.46. The summed E-state index contributed by atoms with van der Waals surface area (Å²) in [6.07, 6.45) is 2.22. The van der Waals surface area contributed by atoms with Crippen molar-refractivity contribution in [1.82, 2.24) is 25.1 Å². The third-order valence-corrected chi connectivity index (χ3v) is 4.89. The topological polar surface area (TPSA) is 85.2 Å². The number of nitrogens with one attached hydrogen (secondary N) is 1. The molecule has 0 atom stereocenters. The van der Waals surface area contributed by atoms with Gasteiger partial charge in [0.15, 0.2) is 5.82 Å². The van der Waals surface area contributed by atoms with Gasteiger partial charge in [-0.3, -0.25) is 0 Å². The molecule has 9 heteroatoms. The average molecular weight is 413 g/mol. The highest BCUT2D eigenvalue weighted by Crippen LogP contribution is 2.36. The predicted molar refractivity (Wildman–Crippen MR) is 110 cm³/mol. The second-order valence-electron chi connectivity index (χ2n) is 6.91. The van der Waals surface area contributed by atoms with E-state index in [9.17, 15) is 4.79 Å². The number of benzene rings is 2. The molecule has 0 saturated heterocycles. The van der Waals surface area contributed by atoms with E-state index in [4.69, 9.17) is 16.3 Å². The number of ether oxygens (including phenoxy) is 1. The van der Waals surface area contributed by atoms with Crippen molar-refractivity contribution in [2.24, 2.45) is 0 Å². The van der Waals surface area contributed by atoms with Crippen LogP contribution >= 0.6 is 11.6 Å². The molecule has 1 aliphatic rings. The van der Waals surface area contributed by atoms with Gasteiger partial charge in [0.25, 0.3) is 0 Å². The third-order valence-electron chi connectivity index (χ3n) is 4.64. The predicted octanol–water partition coefficient (Wildman–Crippen LogP) is 3.87. The molecule has 29 heavy (non-hydrogen) atoms. The van der Waals surface area contributed by atoms with Crippen LogP contribution in [0.5, 0.6) is 5.75 Å². The van der Waals surface area contributed by atoms with Gasteiger partial charge in [-0.2, -0.15) is 0 Å². The number of amides is 2. The number of hydrogen-bond donors (Lipinski definition) is 1. The van der Waals surface area contributed by atoms with E-state index in [0.717, 1.165) is 24.2 Å². The summed E-state index contributed by atoms with van der Waals surface area (Å²) in [4.78, 5) is 13.9. The summed E-state index contributed by atoms with van der Waals surface area (Å²) >= 11 is 5.85. The van der Waals surface area contributed by atoms with Crippen LogP contribution in [0.2, 0.25) is 5.02 Å². The van der Waals surface area contributed by atoms with Crippen LogP contribution in [-0.2, 0) is 0 Å². The SMILES string of the molecule is CN(CCOc1ccc(Cl)cc1)C(=O)Nc1ccc(-c2nnnn2C2CC2)cc1. The van der Waals surface area contributed by atoms with Crippen molar-refractivity contribution in [2.75, 3.05) is 25.5 Å². The molecular formula is C20H21ClN6O2. The van der Waals surface area contributed by atoms with Crippen LogP contribution in [0, 0.1) is 0 Å². The number of tetrazole rings is 1. The highest BCUT2D eigenvalue weighted by atomic mass is 35.5. The molecule has 0 bridgehead atoms. The zero-order valence-corrected chi connectivity index (χ0v) is 16.7. The van der Waals surface area contributed by atoms with Gasteiger partial charge in [-0.05, 0) is 71.8 Å². The molecule has 1 aromatic heterocycles. The van der Waals surface area contributed by atoms with E-state index in [-0.39, 0.29) is 6.03 Å². The summed E-state index contributed by atoms with van der Waals surface area (Å²) in [6.45, 7) is 0.830. The highest BCUT2D eigenvalue weighted by molar-refractivity contribution is 6.30. The fraction of sp³-hybridized carbons (Fsp3) is 0.300. The van der Waals surface area contributed by atoms with E-state index < -0.39 is 0 Å². The van der Waals surface area contributed by atoms with Crippen molar-refractivity contribution in [3.8, 4) is 17.1 Å². The second-order valence-corrected chi connectivity index (χ2v) is 7.35. The number of aromatic nitrogens is 4. The summed E-state index contributed by atoms with van der Waals surface area (Å²) in [7, 11) is 1.72. The van der Waals surface area contributed by atoms with Crippen LogP contribution in [-0.4, -0.2) is 51.3 Å². The van der Waals surface area contributed by atoms with Crippen molar-refractivity contribution in [2.45, 2.75) is 18.9 Å². The number of anilines is 1. The molecule has 3 aromatic rings. The Morgan fingerprint density at radius 1 is 1.21 bits per heavy atom. The van der Waals surface area contributed by atoms with E-state index in [1.165, 1.54) is 0 Å². The summed E-state index contributed by atoms with van der Waals surface area (Å²) in [5.41, 5.74) is 1.62. The van der Waals surface area contributed by atoms with Gasteiger partial charge in [-0.25, -0.2) is 9.48 Å². The van der Waals surface area contributed by atoms with E-state index in [1.54, 1.807) is 36.2 Å². The quantitative estimate of drug-likeness (QED) is 0.636. The smallest absolute Gasteiger partial charge is 0.321 e. The molecule has 0 spiro atoms. The molecule has 2 aromatic carbocycles. The number of likely N-dealkylation sites (N-methyl/N-ethyl adjacent to an activating group) is 1. The van der Waals surface area contributed by atoms with Gasteiger partial charge in [0, 0.05) is 23.3 Å². The molecule has 150 valence electrons. The summed E-state index contributed by atoms with van der Waals surface area (Å²) in [5, 5.41) is 15.5. The van der Waals surface area contributed by atoms with Crippen LogP contribution < -0.4 is 10.1 Å². The Hall–Kier alpha value is -3.13. The lowest BCUT2D eigenvalue weighted by Crippen LogP contribution is -2.34. The van der Waals surface area contributed by atoms with Crippen LogP contribution in [0.3, 0.4) is 0 Å². The molecule has 1 saturated carbocycles. The first-order chi connectivity index (χ1) is 14.1. The van der Waals surface area contributed by atoms with E-state index in [2.05, 4.69) is 20.8 Å². The molecule has 1 heterocycles. The van der Waals surface area contributed by atoms with Gasteiger partial charge < -0.3 is 15.0 Å². The normalized spacial score (nSPS) is 13.2. The minimum Gasteiger partial charge on any atom is -0.492 e. The number of hydrogen-bond acceptors (Lipinski definition) is 5. The number of nitrogens with zero attached hydrogens (tertiary/aromatic N) is 5. The van der Waals surface area contributed by atoms with E-state index in [0.29, 0.717) is 35.7 Å². The van der Waals surface area contributed by atoms with Gasteiger partial charge in [0.05, 0.1) is 12.6 Å². The molecule has 2 amide bonds. The second kappa shape index (κ2) is 8.48. The van der Waals surface area contributed by atoms with Gasteiger partial charge in [0.1, 0.15) is 12.4 Å². The van der Waals surface area contributed by atoms with E-state index in [1.807, 2.05) is 28.9 Å². The summed E-state index contributed by atoms with van der Waals surface area (Å²) in [5.74, 6) is 1.47. The largest absolute Gasteiger partial charge is 0.492 e. The lowest BCUT2D eigenvalue weighted by Gasteiger charge is -2.18. The van der Waals surface area contributed by atoms with Gasteiger partial charge >= 0.3 is 6.03 Å². The molecule has 8 nitrogen and oxygen atoms in total. The number of carbonyl (C=O) groups excluding carboxylic acids is 1. The monoisotopic (exact) mass is 412 g/mol. The number of halogens is 1. The lowest BCUT2D eigenvalue weighted by atomic mass is 10.2.